The second-order valence-corrected chi connectivity index (χ2v) is 7.24. The summed E-state index contributed by atoms with van der Waals surface area (Å²) in [5.41, 5.74) is -0.135. The Hall–Kier alpha value is -3.62. The molecule has 1 fully saturated rings. The highest BCUT2D eigenvalue weighted by Crippen LogP contribution is 2.25. The molecular weight excluding hydrogens is 391 g/mol. The number of aromatic nitrogens is 2. The fourth-order valence-corrected chi connectivity index (χ4v) is 3.72. The number of pyridine rings is 1. The number of hydrogen-bond acceptors (Lipinski definition) is 5. The molecule has 1 aromatic carbocycles. The SMILES string of the molecule is O=C(c1ccc(C(=O)N2CCCCCC2)cc1[N+](=O)[O-])c1cnc2ccc(F)cn12. The van der Waals surface area contributed by atoms with Crippen molar-refractivity contribution in [2.45, 2.75) is 25.7 Å². The molecule has 9 heteroatoms. The first-order valence-corrected chi connectivity index (χ1v) is 9.71. The largest absolute Gasteiger partial charge is 0.339 e. The fraction of sp³-hybridized carbons (Fsp3) is 0.286. The smallest absolute Gasteiger partial charge is 0.281 e. The summed E-state index contributed by atoms with van der Waals surface area (Å²) < 4.78 is 14.9. The molecule has 4 rings (SSSR count). The quantitative estimate of drug-likeness (QED) is 0.372. The second-order valence-electron chi connectivity index (χ2n) is 7.24. The molecule has 8 nitrogen and oxygen atoms in total. The van der Waals surface area contributed by atoms with Gasteiger partial charge in [-0.2, -0.15) is 0 Å². The monoisotopic (exact) mass is 410 g/mol. The van der Waals surface area contributed by atoms with E-state index >= 15 is 0 Å². The first-order chi connectivity index (χ1) is 14.5. The zero-order chi connectivity index (χ0) is 21.3. The van der Waals surface area contributed by atoms with E-state index in [-0.39, 0.29) is 22.7 Å². The summed E-state index contributed by atoms with van der Waals surface area (Å²) in [5.74, 6) is -1.52. The number of nitrogens with zero attached hydrogens (tertiary/aromatic N) is 4. The number of rotatable bonds is 4. The van der Waals surface area contributed by atoms with Gasteiger partial charge in [0.15, 0.2) is 0 Å². The van der Waals surface area contributed by atoms with Crippen molar-refractivity contribution in [2.75, 3.05) is 13.1 Å². The summed E-state index contributed by atoms with van der Waals surface area (Å²) in [6.07, 6.45) is 6.24. The minimum absolute atomic E-state index is 0.000746. The highest BCUT2D eigenvalue weighted by Gasteiger charge is 2.27. The highest BCUT2D eigenvalue weighted by atomic mass is 19.1. The lowest BCUT2D eigenvalue weighted by atomic mass is 10.0. The van der Waals surface area contributed by atoms with Crippen molar-refractivity contribution in [3.63, 3.8) is 0 Å². The molecule has 3 aromatic rings. The van der Waals surface area contributed by atoms with Gasteiger partial charge in [0.25, 0.3) is 11.6 Å². The van der Waals surface area contributed by atoms with E-state index in [1.807, 2.05) is 0 Å². The summed E-state index contributed by atoms with van der Waals surface area (Å²) >= 11 is 0. The number of benzene rings is 1. The standard InChI is InChI=1S/C21H19FN4O4/c22-15-6-8-19-23-12-18(25(19)13-15)20(27)16-7-5-14(11-17(16)26(29)30)21(28)24-9-3-1-2-4-10-24/h5-8,11-13H,1-4,9-10H2. The van der Waals surface area contributed by atoms with Crippen LogP contribution in [0.3, 0.4) is 0 Å². The van der Waals surface area contributed by atoms with Crippen LogP contribution in [0.5, 0.6) is 0 Å². The molecule has 0 N–H and O–H groups in total. The molecular formula is C21H19FN4O4. The van der Waals surface area contributed by atoms with Crippen molar-refractivity contribution in [1.82, 2.24) is 14.3 Å². The molecule has 30 heavy (non-hydrogen) atoms. The van der Waals surface area contributed by atoms with Gasteiger partial charge in [0.1, 0.15) is 22.7 Å². The van der Waals surface area contributed by atoms with Crippen molar-refractivity contribution in [1.29, 1.82) is 0 Å². The lowest BCUT2D eigenvalue weighted by molar-refractivity contribution is -0.385. The zero-order valence-corrected chi connectivity index (χ0v) is 16.1. The molecule has 0 radical (unpaired) electrons. The molecule has 0 aliphatic carbocycles. The first kappa shape index (κ1) is 19.7. The third kappa shape index (κ3) is 3.66. The van der Waals surface area contributed by atoms with Crippen LogP contribution in [0.2, 0.25) is 0 Å². The number of halogens is 1. The lowest BCUT2D eigenvalue weighted by Gasteiger charge is -2.20. The van der Waals surface area contributed by atoms with Crippen LogP contribution >= 0.6 is 0 Å². The Labute approximate surface area is 171 Å². The van der Waals surface area contributed by atoms with Crippen LogP contribution in [0.4, 0.5) is 10.1 Å². The summed E-state index contributed by atoms with van der Waals surface area (Å²) in [5, 5.41) is 11.7. The average Bonchev–Trinajstić information content (AvgIpc) is 2.96. The van der Waals surface area contributed by atoms with Gasteiger partial charge in [0, 0.05) is 30.9 Å². The van der Waals surface area contributed by atoms with E-state index in [0.717, 1.165) is 37.9 Å². The molecule has 3 heterocycles. The normalized spacial score (nSPS) is 14.5. The van der Waals surface area contributed by atoms with E-state index in [9.17, 15) is 24.1 Å². The molecule has 154 valence electrons. The summed E-state index contributed by atoms with van der Waals surface area (Å²) in [6, 6.07) is 6.47. The van der Waals surface area contributed by atoms with E-state index < -0.39 is 22.2 Å². The predicted octanol–water partition coefficient (Wildman–Crippen LogP) is 3.63. The number of carbonyl (C=O) groups is 2. The first-order valence-electron chi connectivity index (χ1n) is 9.71. The van der Waals surface area contributed by atoms with Crippen LogP contribution in [-0.4, -0.2) is 44.0 Å². The third-order valence-electron chi connectivity index (χ3n) is 5.28. The average molecular weight is 410 g/mol. The molecule has 1 saturated heterocycles. The van der Waals surface area contributed by atoms with E-state index in [0.29, 0.717) is 18.7 Å². The fourth-order valence-electron chi connectivity index (χ4n) is 3.72. The number of fused-ring (bicyclic) bond motifs is 1. The van der Waals surface area contributed by atoms with Gasteiger partial charge < -0.3 is 4.90 Å². The van der Waals surface area contributed by atoms with E-state index in [4.69, 9.17) is 0 Å². The minimum Gasteiger partial charge on any atom is -0.339 e. The van der Waals surface area contributed by atoms with Gasteiger partial charge in [0.05, 0.1) is 11.1 Å². The lowest BCUT2D eigenvalue weighted by Crippen LogP contribution is -2.31. The van der Waals surface area contributed by atoms with E-state index in [1.165, 1.54) is 34.9 Å². The number of ketones is 1. The minimum atomic E-state index is -0.684. The van der Waals surface area contributed by atoms with Gasteiger partial charge >= 0.3 is 0 Å². The molecule has 0 bridgehead atoms. The number of imidazole rings is 1. The molecule has 1 aliphatic heterocycles. The van der Waals surface area contributed by atoms with E-state index in [1.54, 1.807) is 4.90 Å². The molecule has 2 aromatic heterocycles. The van der Waals surface area contributed by atoms with Crippen LogP contribution in [0.25, 0.3) is 5.65 Å². The maximum Gasteiger partial charge on any atom is 0.281 e. The van der Waals surface area contributed by atoms with Crippen LogP contribution in [0, 0.1) is 15.9 Å². The van der Waals surface area contributed by atoms with Gasteiger partial charge in [-0.25, -0.2) is 9.37 Å². The van der Waals surface area contributed by atoms with Crippen LogP contribution in [0.1, 0.15) is 52.1 Å². The molecule has 1 aliphatic rings. The summed E-state index contributed by atoms with van der Waals surface area (Å²) in [4.78, 5) is 42.5. The van der Waals surface area contributed by atoms with Gasteiger partial charge in [-0.1, -0.05) is 12.8 Å². The summed E-state index contributed by atoms with van der Waals surface area (Å²) in [6.45, 7) is 1.22. The maximum atomic E-state index is 13.6. The number of carbonyl (C=O) groups excluding carboxylic acids is 2. The third-order valence-corrected chi connectivity index (χ3v) is 5.28. The Morgan fingerprint density at radius 3 is 2.50 bits per heavy atom. The Bertz CT molecular complexity index is 1150. The van der Waals surface area contributed by atoms with Gasteiger partial charge in [0.2, 0.25) is 5.78 Å². The Balaban J connectivity index is 1.71. The summed E-state index contributed by atoms with van der Waals surface area (Å²) in [7, 11) is 0. The van der Waals surface area contributed by atoms with Gasteiger partial charge in [-0.05, 0) is 37.1 Å². The number of amides is 1. The topological polar surface area (TPSA) is 97.8 Å². The second kappa shape index (κ2) is 8.02. The molecule has 0 atom stereocenters. The molecule has 0 unspecified atom stereocenters. The zero-order valence-electron chi connectivity index (χ0n) is 16.1. The molecule has 1 amide bonds. The van der Waals surface area contributed by atoms with Crippen molar-refractivity contribution in [2.24, 2.45) is 0 Å². The number of nitro groups is 1. The van der Waals surface area contributed by atoms with Crippen LogP contribution in [0.15, 0.2) is 42.7 Å². The molecule has 0 saturated carbocycles. The van der Waals surface area contributed by atoms with Crippen molar-refractivity contribution < 1.29 is 18.9 Å². The van der Waals surface area contributed by atoms with E-state index in [2.05, 4.69) is 4.98 Å². The Morgan fingerprint density at radius 2 is 1.80 bits per heavy atom. The van der Waals surface area contributed by atoms with Gasteiger partial charge in [-0.3, -0.25) is 24.1 Å². The predicted molar refractivity (Wildman–Crippen MR) is 106 cm³/mol. The number of likely N-dealkylation sites (tertiary alicyclic amines) is 1. The molecule has 0 spiro atoms. The highest BCUT2D eigenvalue weighted by molar-refractivity contribution is 6.11. The Morgan fingerprint density at radius 1 is 1.07 bits per heavy atom. The van der Waals surface area contributed by atoms with Crippen molar-refractivity contribution >= 4 is 23.0 Å². The maximum absolute atomic E-state index is 13.6. The van der Waals surface area contributed by atoms with Gasteiger partial charge in [-0.15, -0.1) is 0 Å². The van der Waals surface area contributed by atoms with Crippen LogP contribution < -0.4 is 0 Å². The van der Waals surface area contributed by atoms with Crippen molar-refractivity contribution in [3.05, 3.63) is 75.5 Å². The number of hydrogen-bond donors (Lipinski definition) is 0. The Kier molecular flexibility index (Phi) is 5.26. The van der Waals surface area contributed by atoms with Crippen LogP contribution in [-0.2, 0) is 0 Å². The number of nitro benzene ring substituents is 1. The van der Waals surface area contributed by atoms with Crippen molar-refractivity contribution in [3.8, 4) is 0 Å².